The number of anilines is 1. The van der Waals surface area contributed by atoms with Gasteiger partial charge in [0.05, 0.1) is 17.5 Å². The van der Waals surface area contributed by atoms with E-state index in [1.165, 1.54) is 12.6 Å². The van der Waals surface area contributed by atoms with Crippen LogP contribution in [-0.4, -0.2) is 31.8 Å². The van der Waals surface area contributed by atoms with Crippen LogP contribution in [0, 0.1) is 6.92 Å². The average Bonchev–Trinajstić information content (AvgIpc) is 2.58. The van der Waals surface area contributed by atoms with Gasteiger partial charge in [-0.05, 0) is 42.3 Å². The second-order valence-electron chi connectivity index (χ2n) is 5.83. The number of benzene rings is 2. The fourth-order valence-electron chi connectivity index (χ4n) is 2.64. The summed E-state index contributed by atoms with van der Waals surface area (Å²) in [5, 5.41) is 3.94. The SMILES string of the molecule is COc1ccc(CNc2ncnc3ccc(S(C)(=O)=O)cc23)cc1C. The Hall–Kier alpha value is -2.67. The summed E-state index contributed by atoms with van der Waals surface area (Å²) in [5.74, 6) is 1.44. The number of hydrogen-bond donors (Lipinski definition) is 1. The molecular weight excluding hydrogens is 338 g/mol. The number of ether oxygens (including phenoxy) is 1. The summed E-state index contributed by atoms with van der Waals surface area (Å²) >= 11 is 0. The zero-order valence-corrected chi connectivity index (χ0v) is 15.1. The molecule has 0 unspecified atom stereocenters. The third-order valence-electron chi connectivity index (χ3n) is 3.95. The summed E-state index contributed by atoms with van der Waals surface area (Å²) in [6.45, 7) is 2.54. The lowest BCUT2D eigenvalue weighted by molar-refractivity contribution is 0.411. The molecule has 0 fully saturated rings. The van der Waals surface area contributed by atoms with Crippen LogP contribution in [0.3, 0.4) is 0 Å². The van der Waals surface area contributed by atoms with Crippen LogP contribution in [0.5, 0.6) is 5.75 Å². The zero-order valence-electron chi connectivity index (χ0n) is 14.3. The number of methoxy groups -OCH3 is 1. The van der Waals surface area contributed by atoms with Crippen molar-refractivity contribution in [1.82, 2.24) is 9.97 Å². The first kappa shape index (κ1) is 17.2. The molecule has 3 aromatic rings. The average molecular weight is 357 g/mol. The second kappa shape index (κ2) is 6.68. The van der Waals surface area contributed by atoms with Crippen molar-refractivity contribution in [1.29, 1.82) is 0 Å². The van der Waals surface area contributed by atoms with Crippen LogP contribution in [0.4, 0.5) is 5.82 Å². The van der Waals surface area contributed by atoms with E-state index in [0.29, 0.717) is 23.3 Å². The van der Waals surface area contributed by atoms with E-state index in [9.17, 15) is 8.42 Å². The molecule has 0 atom stereocenters. The number of sulfone groups is 1. The van der Waals surface area contributed by atoms with E-state index in [2.05, 4.69) is 15.3 Å². The Labute approximate surface area is 146 Å². The fourth-order valence-corrected chi connectivity index (χ4v) is 3.29. The monoisotopic (exact) mass is 357 g/mol. The Balaban J connectivity index is 1.92. The Morgan fingerprint density at radius 1 is 1.12 bits per heavy atom. The molecule has 0 bridgehead atoms. The minimum Gasteiger partial charge on any atom is -0.496 e. The van der Waals surface area contributed by atoms with E-state index in [1.54, 1.807) is 25.3 Å². The largest absolute Gasteiger partial charge is 0.496 e. The van der Waals surface area contributed by atoms with Crippen LogP contribution in [-0.2, 0) is 16.4 Å². The van der Waals surface area contributed by atoms with Crippen molar-refractivity contribution < 1.29 is 13.2 Å². The van der Waals surface area contributed by atoms with Crippen LogP contribution in [0.15, 0.2) is 47.6 Å². The smallest absolute Gasteiger partial charge is 0.175 e. The lowest BCUT2D eigenvalue weighted by Gasteiger charge is -2.11. The first-order valence-electron chi connectivity index (χ1n) is 7.70. The Morgan fingerprint density at radius 3 is 2.60 bits per heavy atom. The van der Waals surface area contributed by atoms with Crippen LogP contribution in [0.2, 0.25) is 0 Å². The third kappa shape index (κ3) is 3.71. The van der Waals surface area contributed by atoms with Crippen molar-refractivity contribution in [2.45, 2.75) is 18.4 Å². The maximum atomic E-state index is 11.8. The predicted molar refractivity (Wildman–Crippen MR) is 97.7 cm³/mol. The highest BCUT2D eigenvalue weighted by molar-refractivity contribution is 7.90. The van der Waals surface area contributed by atoms with E-state index in [-0.39, 0.29) is 4.90 Å². The van der Waals surface area contributed by atoms with Gasteiger partial charge >= 0.3 is 0 Å². The number of aromatic nitrogens is 2. The molecular formula is C18H19N3O3S. The van der Waals surface area contributed by atoms with Crippen LogP contribution in [0.25, 0.3) is 10.9 Å². The summed E-state index contributed by atoms with van der Waals surface area (Å²) in [4.78, 5) is 8.70. The summed E-state index contributed by atoms with van der Waals surface area (Å²) < 4.78 is 28.9. The number of hydrogen-bond acceptors (Lipinski definition) is 6. The quantitative estimate of drug-likeness (QED) is 0.756. The van der Waals surface area contributed by atoms with Gasteiger partial charge in [0.1, 0.15) is 17.9 Å². The van der Waals surface area contributed by atoms with Crippen LogP contribution in [0.1, 0.15) is 11.1 Å². The zero-order chi connectivity index (χ0) is 18.0. The summed E-state index contributed by atoms with van der Waals surface area (Å²) in [5.41, 5.74) is 2.81. The normalized spacial score (nSPS) is 11.5. The van der Waals surface area contributed by atoms with Crippen molar-refractivity contribution in [2.75, 3.05) is 18.7 Å². The van der Waals surface area contributed by atoms with Crippen molar-refractivity contribution in [3.63, 3.8) is 0 Å². The molecule has 1 aromatic heterocycles. The van der Waals surface area contributed by atoms with Gasteiger partial charge in [-0.3, -0.25) is 0 Å². The number of aryl methyl sites for hydroxylation is 1. The molecule has 0 radical (unpaired) electrons. The van der Waals surface area contributed by atoms with Gasteiger partial charge in [0, 0.05) is 18.2 Å². The van der Waals surface area contributed by atoms with Gasteiger partial charge in [0.15, 0.2) is 9.84 Å². The number of nitrogens with zero attached hydrogens (tertiary/aromatic N) is 2. The first-order chi connectivity index (χ1) is 11.9. The minimum absolute atomic E-state index is 0.248. The van der Waals surface area contributed by atoms with E-state index < -0.39 is 9.84 Å². The van der Waals surface area contributed by atoms with E-state index in [4.69, 9.17) is 4.74 Å². The molecule has 3 rings (SSSR count). The lowest BCUT2D eigenvalue weighted by Crippen LogP contribution is -2.04. The molecule has 25 heavy (non-hydrogen) atoms. The molecule has 6 nitrogen and oxygen atoms in total. The highest BCUT2D eigenvalue weighted by Crippen LogP contribution is 2.24. The van der Waals surface area contributed by atoms with Gasteiger partial charge < -0.3 is 10.1 Å². The van der Waals surface area contributed by atoms with Crippen molar-refractivity contribution in [3.8, 4) is 5.75 Å². The fraction of sp³-hybridized carbons (Fsp3) is 0.222. The molecule has 1 heterocycles. The Morgan fingerprint density at radius 2 is 1.92 bits per heavy atom. The number of rotatable bonds is 5. The Bertz CT molecular complexity index is 1030. The maximum Gasteiger partial charge on any atom is 0.175 e. The van der Waals surface area contributed by atoms with E-state index in [0.717, 1.165) is 16.9 Å². The highest BCUT2D eigenvalue weighted by atomic mass is 32.2. The topological polar surface area (TPSA) is 81.2 Å². The van der Waals surface area contributed by atoms with Gasteiger partial charge in [-0.1, -0.05) is 12.1 Å². The Kier molecular flexibility index (Phi) is 4.59. The number of fused-ring (bicyclic) bond motifs is 1. The molecule has 0 aliphatic heterocycles. The summed E-state index contributed by atoms with van der Waals surface area (Å²) in [7, 11) is -1.64. The number of nitrogens with one attached hydrogen (secondary N) is 1. The first-order valence-corrected chi connectivity index (χ1v) is 9.60. The molecule has 0 saturated heterocycles. The van der Waals surface area contributed by atoms with Crippen molar-refractivity contribution in [2.24, 2.45) is 0 Å². The van der Waals surface area contributed by atoms with E-state index >= 15 is 0 Å². The maximum absolute atomic E-state index is 11.8. The minimum atomic E-state index is -3.29. The molecule has 0 amide bonds. The highest BCUT2D eigenvalue weighted by Gasteiger charge is 2.11. The molecule has 0 saturated carbocycles. The predicted octanol–water partition coefficient (Wildman–Crippen LogP) is 2.96. The van der Waals surface area contributed by atoms with Crippen molar-refractivity contribution >= 4 is 26.6 Å². The molecule has 130 valence electrons. The van der Waals surface area contributed by atoms with Gasteiger partial charge in [0.25, 0.3) is 0 Å². The molecule has 1 N–H and O–H groups in total. The third-order valence-corrected chi connectivity index (χ3v) is 5.06. The van der Waals surface area contributed by atoms with Gasteiger partial charge in [-0.15, -0.1) is 0 Å². The van der Waals surface area contributed by atoms with Gasteiger partial charge in [0.2, 0.25) is 0 Å². The second-order valence-corrected chi connectivity index (χ2v) is 7.85. The molecule has 2 aromatic carbocycles. The molecule has 0 aliphatic carbocycles. The van der Waals surface area contributed by atoms with Gasteiger partial charge in [-0.25, -0.2) is 18.4 Å². The summed E-state index contributed by atoms with van der Waals surface area (Å²) in [6, 6.07) is 10.8. The molecule has 0 aliphatic rings. The van der Waals surface area contributed by atoms with Crippen LogP contribution < -0.4 is 10.1 Å². The van der Waals surface area contributed by atoms with E-state index in [1.807, 2.05) is 25.1 Å². The summed E-state index contributed by atoms with van der Waals surface area (Å²) in [6.07, 6.45) is 2.65. The molecule has 0 spiro atoms. The van der Waals surface area contributed by atoms with Gasteiger partial charge in [-0.2, -0.15) is 0 Å². The standard InChI is InChI=1S/C18H19N3O3S/c1-12-8-13(4-7-17(12)24-2)10-19-18-15-9-14(25(3,22)23)5-6-16(15)20-11-21-18/h4-9,11H,10H2,1-3H3,(H,19,20,21). The van der Waals surface area contributed by atoms with Crippen molar-refractivity contribution in [3.05, 3.63) is 53.9 Å². The lowest BCUT2D eigenvalue weighted by atomic mass is 10.1. The molecule has 7 heteroatoms. The van der Waals surface area contributed by atoms with Crippen LogP contribution >= 0.6 is 0 Å².